The third-order valence-corrected chi connectivity index (χ3v) is 7.01. The van der Waals surface area contributed by atoms with E-state index in [9.17, 15) is 9.90 Å². The Kier molecular flexibility index (Phi) is 16.1. The minimum Gasteiger partial charge on any atom is -0.507 e. The molecule has 0 aliphatic carbocycles. The number of hydrogen-bond acceptors (Lipinski definition) is 3. The van der Waals surface area contributed by atoms with Crippen molar-refractivity contribution < 1.29 is 14.6 Å². The third-order valence-electron chi connectivity index (χ3n) is 7.01. The SMILES string of the molecule is CCCCCCCCCCCCCCCCOC(=O)CCc1cc(C(C)C)c(O)c(C(C)(C)C)c1. The number of phenols is 1. The molecule has 35 heavy (non-hydrogen) atoms. The molecule has 0 spiro atoms. The first-order chi connectivity index (χ1) is 16.7. The maximum atomic E-state index is 12.2. The van der Waals surface area contributed by atoms with E-state index in [1.54, 1.807) is 0 Å². The minimum atomic E-state index is -0.141. The summed E-state index contributed by atoms with van der Waals surface area (Å²) in [4.78, 5) is 12.2. The highest BCUT2D eigenvalue weighted by Gasteiger charge is 2.22. The molecule has 0 amide bonds. The summed E-state index contributed by atoms with van der Waals surface area (Å²) < 4.78 is 5.48. The first kappa shape index (κ1) is 31.5. The van der Waals surface area contributed by atoms with Crippen LogP contribution in [0, 0.1) is 0 Å². The Morgan fingerprint density at radius 1 is 0.829 bits per heavy atom. The molecule has 0 saturated heterocycles. The van der Waals surface area contributed by atoms with Crippen LogP contribution in [0.3, 0.4) is 0 Å². The number of carbonyl (C=O) groups is 1. The summed E-state index contributed by atoms with van der Waals surface area (Å²) in [7, 11) is 0. The number of aryl methyl sites for hydroxylation is 1. The van der Waals surface area contributed by atoms with Gasteiger partial charge >= 0.3 is 5.97 Å². The van der Waals surface area contributed by atoms with Gasteiger partial charge in [-0.1, -0.05) is 137 Å². The van der Waals surface area contributed by atoms with E-state index in [0.717, 1.165) is 29.5 Å². The minimum absolute atomic E-state index is 0.115. The van der Waals surface area contributed by atoms with Crippen LogP contribution < -0.4 is 0 Å². The standard InChI is InChI=1S/C32H56O3/c1-7-8-9-10-11-12-13-14-15-16-17-18-19-20-23-35-30(33)22-21-27-24-28(26(2)3)31(34)29(25-27)32(4,5)6/h24-26,34H,7-23H2,1-6H3. The number of carbonyl (C=O) groups excluding carboxylic acids is 1. The van der Waals surface area contributed by atoms with E-state index >= 15 is 0 Å². The molecule has 3 nitrogen and oxygen atoms in total. The van der Waals surface area contributed by atoms with Crippen molar-refractivity contribution in [2.45, 2.75) is 156 Å². The number of benzene rings is 1. The number of unbranched alkanes of at least 4 members (excludes halogenated alkanes) is 13. The Labute approximate surface area is 217 Å². The number of rotatable bonds is 19. The second-order valence-corrected chi connectivity index (χ2v) is 11.8. The topological polar surface area (TPSA) is 46.5 Å². The lowest BCUT2D eigenvalue weighted by molar-refractivity contribution is -0.143. The molecule has 202 valence electrons. The van der Waals surface area contributed by atoms with Gasteiger partial charge in [0.1, 0.15) is 5.75 Å². The van der Waals surface area contributed by atoms with Gasteiger partial charge in [-0.2, -0.15) is 0 Å². The number of ether oxygens (including phenoxy) is 1. The average Bonchev–Trinajstić information content (AvgIpc) is 2.79. The van der Waals surface area contributed by atoms with Gasteiger partial charge in [0.05, 0.1) is 6.61 Å². The Morgan fingerprint density at radius 2 is 1.31 bits per heavy atom. The Morgan fingerprint density at radius 3 is 1.77 bits per heavy atom. The van der Waals surface area contributed by atoms with Crippen molar-refractivity contribution in [2.75, 3.05) is 6.61 Å². The van der Waals surface area contributed by atoms with Gasteiger partial charge in [-0.3, -0.25) is 4.79 Å². The molecule has 0 heterocycles. The lowest BCUT2D eigenvalue weighted by atomic mass is 9.82. The molecule has 1 rings (SSSR count). The van der Waals surface area contributed by atoms with E-state index in [1.807, 2.05) is 0 Å². The highest BCUT2D eigenvalue weighted by molar-refractivity contribution is 5.69. The summed E-state index contributed by atoms with van der Waals surface area (Å²) in [5.74, 6) is 0.524. The molecule has 0 saturated carbocycles. The van der Waals surface area contributed by atoms with Crippen molar-refractivity contribution in [3.05, 3.63) is 28.8 Å². The molecule has 0 aliphatic rings. The van der Waals surface area contributed by atoms with E-state index < -0.39 is 0 Å². The molecule has 0 unspecified atom stereocenters. The van der Waals surface area contributed by atoms with Crippen LogP contribution in [-0.2, 0) is 21.4 Å². The van der Waals surface area contributed by atoms with Crippen LogP contribution in [0.4, 0.5) is 0 Å². The van der Waals surface area contributed by atoms with Crippen LogP contribution in [0.15, 0.2) is 12.1 Å². The van der Waals surface area contributed by atoms with Crippen molar-refractivity contribution in [1.82, 2.24) is 0 Å². The van der Waals surface area contributed by atoms with E-state index in [0.29, 0.717) is 25.2 Å². The molecule has 0 bridgehead atoms. The third kappa shape index (κ3) is 14.0. The van der Waals surface area contributed by atoms with Crippen molar-refractivity contribution in [2.24, 2.45) is 0 Å². The van der Waals surface area contributed by atoms with Gasteiger partial charge in [0.15, 0.2) is 0 Å². The van der Waals surface area contributed by atoms with E-state index in [4.69, 9.17) is 4.74 Å². The van der Waals surface area contributed by atoms with Crippen LogP contribution in [0.2, 0.25) is 0 Å². The van der Waals surface area contributed by atoms with E-state index in [-0.39, 0.29) is 17.3 Å². The summed E-state index contributed by atoms with van der Waals surface area (Å²) >= 11 is 0. The molecule has 1 aromatic rings. The fourth-order valence-electron chi connectivity index (χ4n) is 4.68. The predicted molar refractivity (Wildman–Crippen MR) is 150 cm³/mol. The maximum Gasteiger partial charge on any atom is 0.306 e. The van der Waals surface area contributed by atoms with Gasteiger partial charge in [-0.15, -0.1) is 0 Å². The second kappa shape index (κ2) is 17.8. The zero-order valence-corrected chi connectivity index (χ0v) is 24.0. The van der Waals surface area contributed by atoms with Gasteiger partial charge in [0.2, 0.25) is 0 Å². The average molecular weight is 489 g/mol. The largest absolute Gasteiger partial charge is 0.507 e. The normalized spacial score (nSPS) is 11.9. The molecule has 0 aliphatic heterocycles. The van der Waals surface area contributed by atoms with Crippen molar-refractivity contribution in [3.8, 4) is 5.75 Å². The lowest BCUT2D eigenvalue weighted by Gasteiger charge is -2.24. The van der Waals surface area contributed by atoms with E-state index in [2.05, 4.69) is 53.7 Å². The molecule has 1 N–H and O–H groups in total. The molecular formula is C32H56O3. The molecular weight excluding hydrogens is 432 g/mol. The van der Waals surface area contributed by atoms with Gasteiger partial charge < -0.3 is 9.84 Å². The molecule has 0 aromatic heterocycles. The Bertz CT molecular complexity index is 699. The number of esters is 1. The predicted octanol–water partition coefficient (Wildman–Crippen LogP) is 9.77. The Balaban J connectivity index is 2.14. The van der Waals surface area contributed by atoms with Gasteiger partial charge in [-0.05, 0) is 40.9 Å². The van der Waals surface area contributed by atoms with Crippen LogP contribution >= 0.6 is 0 Å². The number of hydrogen-bond donors (Lipinski definition) is 1. The van der Waals surface area contributed by atoms with Crippen LogP contribution in [0.1, 0.15) is 160 Å². The van der Waals surface area contributed by atoms with Crippen molar-refractivity contribution >= 4 is 5.97 Å². The molecule has 0 atom stereocenters. The van der Waals surface area contributed by atoms with Crippen molar-refractivity contribution in [3.63, 3.8) is 0 Å². The van der Waals surface area contributed by atoms with Gasteiger partial charge in [0.25, 0.3) is 0 Å². The quantitative estimate of drug-likeness (QED) is 0.156. The van der Waals surface area contributed by atoms with Crippen LogP contribution in [0.5, 0.6) is 5.75 Å². The molecule has 0 fully saturated rings. The van der Waals surface area contributed by atoms with Crippen molar-refractivity contribution in [1.29, 1.82) is 0 Å². The number of aromatic hydroxyl groups is 1. The van der Waals surface area contributed by atoms with Gasteiger partial charge in [-0.25, -0.2) is 0 Å². The lowest BCUT2D eigenvalue weighted by Crippen LogP contribution is -2.14. The first-order valence-corrected chi connectivity index (χ1v) is 14.7. The molecule has 3 heteroatoms. The highest BCUT2D eigenvalue weighted by Crippen LogP contribution is 2.37. The zero-order chi connectivity index (χ0) is 26.1. The number of phenolic OH excluding ortho intramolecular Hbond substituents is 1. The van der Waals surface area contributed by atoms with Crippen LogP contribution in [-0.4, -0.2) is 17.7 Å². The van der Waals surface area contributed by atoms with Gasteiger partial charge in [0, 0.05) is 6.42 Å². The molecule has 0 radical (unpaired) electrons. The molecule has 1 aromatic carbocycles. The summed E-state index contributed by atoms with van der Waals surface area (Å²) in [6, 6.07) is 4.11. The fraction of sp³-hybridized carbons (Fsp3) is 0.781. The summed E-state index contributed by atoms with van der Waals surface area (Å²) in [5, 5.41) is 10.7. The highest BCUT2D eigenvalue weighted by atomic mass is 16.5. The smallest absolute Gasteiger partial charge is 0.306 e. The monoisotopic (exact) mass is 488 g/mol. The second-order valence-electron chi connectivity index (χ2n) is 11.8. The summed E-state index contributed by atoms with van der Waals surface area (Å²) in [6.45, 7) is 13.3. The fourth-order valence-corrected chi connectivity index (χ4v) is 4.68. The maximum absolute atomic E-state index is 12.2. The first-order valence-electron chi connectivity index (χ1n) is 14.7. The zero-order valence-electron chi connectivity index (χ0n) is 24.0. The van der Waals surface area contributed by atoms with Crippen LogP contribution in [0.25, 0.3) is 0 Å². The summed E-state index contributed by atoms with van der Waals surface area (Å²) in [5.41, 5.74) is 2.88. The Hall–Kier alpha value is -1.51. The van der Waals surface area contributed by atoms with E-state index in [1.165, 1.54) is 77.0 Å². The summed E-state index contributed by atoms with van der Waals surface area (Å²) in [6.07, 6.45) is 19.6.